The molecular weight excluding hydrogens is 398 g/mol. The van der Waals surface area contributed by atoms with Crippen molar-refractivity contribution in [2.24, 2.45) is 0 Å². The van der Waals surface area contributed by atoms with Gasteiger partial charge in [0.15, 0.2) is 5.58 Å². The number of methoxy groups -OCH3 is 1. The molecule has 0 unspecified atom stereocenters. The van der Waals surface area contributed by atoms with Crippen molar-refractivity contribution in [1.82, 2.24) is 4.98 Å². The van der Waals surface area contributed by atoms with E-state index in [-0.39, 0.29) is 22.0 Å². The molecule has 0 atom stereocenters. The number of anilines is 3. The summed E-state index contributed by atoms with van der Waals surface area (Å²) in [7, 11) is 4.96. The van der Waals surface area contributed by atoms with E-state index in [4.69, 9.17) is 9.15 Å². The highest BCUT2D eigenvalue weighted by molar-refractivity contribution is 5.96. The molecule has 0 spiro atoms. The molecule has 0 aromatic heterocycles. The molecule has 1 aliphatic heterocycles. The first-order valence-electron chi connectivity index (χ1n) is 9.56. The van der Waals surface area contributed by atoms with Crippen molar-refractivity contribution in [3.63, 3.8) is 0 Å². The fraction of sp³-hybridized carbons (Fsp3) is 0.174. The number of fused-ring (bicyclic) bond motifs is 1. The number of hydrogen-bond acceptors (Lipinski definition) is 7. The lowest BCUT2D eigenvalue weighted by molar-refractivity contribution is 0.0600. The van der Waals surface area contributed by atoms with Gasteiger partial charge in [0.25, 0.3) is 10.9 Å². The second kappa shape index (κ2) is 7.64. The van der Waals surface area contributed by atoms with Gasteiger partial charge in [-0.1, -0.05) is 17.7 Å². The lowest BCUT2D eigenvalue weighted by Gasteiger charge is -2.14. The summed E-state index contributed by atoms with van der Waals surface area (Å²) >= 11 is 0. The fourth-order valence-electron chi connectivity index (χ4n) is 3.33. The van der Waals surface area contributed by atoms with Gasteiger partial charge in [-0.15, -0.1) is 0 Å². The van der Waals surface area contributed by atoms with Crippen molar-refractivity contribution in [1.29, 1.82) is 0 Å². The summed E-state index contributed by atoms with van der Waals surface area (Å²) in [5, 5.41) is 3.00. The molecule has 1 aliphatic carbocycles. The highest BCUT2D eigenvalue weighted by Crippen LogP contribution is 2.23. The Morgan fingerprint density at radius 1 is 1.06 bits per heavy atom. The van der Waals surface area contributed by atoms with Gasteiger partial charge in [-0.25, -0.2) is 4.79 Å². The van der Waals surface area contributed by atoms with E-state index in [1.54, 1.807) is 24.3 Å². The van der Waals surface area contributed by atoms with Crippen molar-refractivity contribution in [3.8, 4) is 0 Å². The number of esters is 1. The van der Waals surface area contributed by atoms with Gasteiger partial charge in [-0.3, -0.25) is 9.59 Å². The first kappa shape index (κ1) is 20.2. The molecule has 2 N–H and O–H groups in total. The van der Waals surface area contributed by atoms with Crippen LogP contribution in [0, 0.1) is 17.7 Å². The Bertz CT molecular complexity index is 1480. The van der Waals surface area contributed by atoms with Crippen LogP contribution in [0.4, 0.5) is 17.1 Å². The Morgan fingerprint density at radius 3 is 2.42 bits per heavy atom. The average Bonchev–Trinajstić information content (AvgIpc) is 2.77. The first-order chi connectivity index (χ1) is 14.8. The second-order valence-corrected chi connectivity index (χ2v) is 7.40. The van der Waals surface area contributed by atoms with Gasteiger partial charge in [0, 0.05) is 31.5 Å². The minimum atomic E-state index is -0.881. The van der Waals surface area contributed by atoms with Crippen LogP contribution in [0.15, 0.2) is 56.5 Å². The topological polar surface area (TPSA) is 105 Å². The molecule has 2 aliphatic rings. The van der Waals surface area contributed by atoms with Crippen LogP contribution in [0.25, 0.3) is 11.1 Å². The average molecular weight is 419 g/mol. The number of H-pyrrole nitrogens is 1. The number of aromatic amines is 1. The third-order valence-corrected chi connectivity index (χ3v) is 5.03. The Kier molecular flexibility index (Phi) is 4.98. The summed E-state index contributed by atoms with van der Waals surface area (Å²) in [5.74, 6) is -0.771. The lowest BCUT2D eigenvalue weighted by Crippen LogP contribution is -2.30. The van der Waals surface area contributed by atoms with Crippen molar-refractivity contribution < 1.29 is 13.9 Å². The van der Waals surface area contributed by atoms with E-state index in [1.807, 2.05) is 44.1 Å². The number of aromatic nitrogens is 1. The van der Waals surface area contributed by atoms with Crippen molar-refractivity contribution in [2.45, 2.75) is 6.92 Å². The molecule has 4 rings (SSSR count). The summed E-state index contributed by atoms with van der Waals surface area (Å²) in [6.45, 7) is 1.93. The van der Waals surface area contributed by atoms with Crippen LogP contribution in [0.5, 0.6) is 0 Å². The molecule has 2 aromatic rings. The van der Waals surface area contributed by atoms with Gasteiger partial charge in [-0.05, 0) is 31.2 Å². The largest absolute Gasteiger partial charge is 0.465 e. The minimum Gasteiger partial charge on any atom is -0.465 e. The monoisotopic (exact) mass is 419 g/mol. The van der Waals surface area contributed by atoms with E-state index in [9.17, 15) is 14.4 Å². The van der Waals surface area contributed by atoms with Crippen molar-refractivity contribution in [2.75, 3.05) is 31.4 Å². The van der Waals surface area contributed by atoms with Crippen LogP contribution in [0.1, 0.15) is 15.9 Å². The van der Waals surface area contributed by atoms with Gasteiger partial charge in [0.05, 0.1) is 12.6 Å². The maximum absolute atomic E-state index is 12.9. The molecule has 1 heterocycles. The normalized spacial score (nSPS) is 11.0. The van der Waals surface area contributed by atoms with Crippen LogP contribution in [-0.2, 0) is 4.74 Å². The van der Waals surface area contributed by atoms with E-state index in [2.05, 4.69) is 10.3 Å². The molecule has 31 heavy (non-hydrogen) atoms. The number of aryl methyl sites for hydroxylation is 1. The SMILES string of the molecule is COC(=O)c1c(Nc2ccc(C)cc2)c(=O)c(=O)c2oc3cc(N(C)C)ccc3[nH]c1=2. The molecule has 0 saturated heterocycles. The van der Waals surface area contributed by atoms with Gasteiger partial charge < -0.3 is 24.4 Å². The summed E-state index contributed by atoms with van der Waals surface area (Å²) in [5.41, 5.74) is 1.15. The van der Waals surface area contributed by atoms with Crippen molar-refractivity contribution >= 4 is 34.1 Å². The number of nitrogens with one attached hydrogen (secondary N) is 2. The van der Waals surface area contributed by atoms with E-state index in [0.717, 1.165) is 11.3 Å². The summed E-state index contributed by atoms with van der Waals surface area (Å²) in [6, 6.07) is 12.6. The first-order valence-corrected chi connectivity index (χ1v) is 9.56. The third-order valence-electron chi connectivity index (χ3n) is 5.03. The van der Waals surface area contributed by atoms with Crippen LogP contribution in [-0.4, -0.2) is 32.2 Å². The molecule has 0 bridgehead atoms. The number of rotatable bonds is 4. The van der Waals surface area contributed by atoms with E-state index >= 15 is 0 Å². The lowest BCUT2D eigenvalue weighted by atomic mass is 10.1. The summed E-state index contributed by atoms with van der Waals surface area (Å²) in [6.07, 6.45) is 0. The zero-order chi connectivity index (χ0) is 22.3. The molecule has 8 heteroatoms. The molecule has 0 saturated carbocycles. The molecule has 0 amide bonds. The van der Waals surface area contributed by atoms with Crippen LogP contribution in [0.2, 0.25) is 0 Å². The number of carbonyl (C=O) groups excluding carboxylic acids is 1. The van der Waals surface area contributed by atoms with E-state index in [1.165, 1.54) is 7.11 Å². The van der Waals surface area contributed by atoms with Gasteiger partial charge in [0.1, 0.15) is 16.6 Å². The molecule has 0 radical (unpaired) electrons. The Hall–Kier alpha value is -4.07. The van der Waals surface area contributed by atoms with Crippen LogP contribution < -0.4 is 21.1 Å². The fourth-order valence-corrected chi connectivity index (χ4v) is 3.33. The van der Waals surface area contributed by atoms with E-state index < -0.39 is 16.8 Å². The quantitative estimate of drug-likeness (QED) is 0.387. The second-order valence-electron chi connectivity index (χ2n) is 7.40. The number of benzene rings is 2. The highest BCUT2D eigenvalue weighted by Gasteiger charge is 2.23. The standard InChI is InChI=1S/C23H21N3O5/c1-12-5-7-13(8-6-12)24-18-17(23(29)30-4)19-22(21(28)20(18)27)31-16-11-14(26(2)3)9-10-15(16)25-19/h5-11,24-25H,1-4H3. The molecule has 0 fully saturated rings. The van der Waals surface area contributed by atoms with Crippen molar-refractivity contribution in [3.05, 3.63) is 84.8 Å². The highest BCUT2D eigenvalue weighted by atomic mass is 16.5. The van der Waals surface area contributed by atoms with Gasteiger partial charge in [0.2, 0.25) is 5.42 Å². The molecule has 8 nitrogen and oxygen atoms in total. The number of ether oxygens (including phenoxy) is 1. The predicted octanol–water partition coefficient (Wildman–Crippen LogP) is 3.11. The Morgan fingerprint density at radius 2 is 1.77 bits per heavy atom. The van der Waals surface area contributed by atoms with Gasteiger partial charge >= 0.3 is 5.97 Å². The molecule has 158 valence electrons. The number of hydrogen-bond donors (Lipinski definition) is 2. The zero-order valence-corrected chi connectivity index (χ0v) is 17.5. The van der Waals surface area contributed by atoms with Crippen LogP contribution in [0.3, 0.4) is 0 Å². The molecular formula is C23H21N3O5. The van der Waals surface area contributed by atoms with Gasteiger partial charge in [-0.2, -0.15) is 0 Å². The minimum absolute atomic E-state index is 0.0926. The summed E-state index contributed by atoms with van der Waals surface area (Å²) in [4.78, 5) is 43.4. The zero-order valence-electron chi connectivity index (χ0n) is 17.5. The predicted molar refractivity (Wildman–Crippen MR) is 119 cm³/mol. The smallest absolute Gasteiger partial charge is 0.342 e. The Labute approximate surface area is 176 Å². The summed E-state index contributed by atoms with van der Waals surface area (Å²) < 4.78 is 10.7. The number of nitrogens with zero attached hydrogens (tertiary/aromatic N) is 1. The molecule has 2 aromatic carbocycles. The maximum atomic E-state index is 12.9. The Balaban J connectivity index is 2.08. The van der Waals surface area contributed by atoms with E-state index in [0.29, 0.717) is 16.8 Å². The van der Waals surface area contributed by atoms with Crippen LogP contribution >= 0.6 is 0 Å². The number of carbonyl (C=O) groups is 1. The third kappa shape index (κ3) is 3.52. The maximum Gasteiger partial charge on any atom is 0.342 e.